The summed E-state index contributed by atoms with van der Waals surface area (Å²) in [6.45, 7) is 5.41. The molecule has 2 aromatic rings. The fourth-order valence-corrected chi connectivity index (χ4v) is 4.07. The maximum absolute atomic E-state index is 13.1. The molecule has 0 saturated heterocycles. The van der Waals surface area contributed by atoms with E-state index >= 15 is 0 Å². The fraction of sp³-hybridized carbons (Fsp3) is 0.333. The third-order valence-electron chi connectivity index (χ3n) is 4.55. The second-order valence-electron chi connectivity index (χ2n) is 6.41. The molecule has 0 bridgehead atoms. The Kier molecular flexibility index (Phi) is 6.06. The van der Waals surface area contributed by atoms with E-state index < -0.39 is 0 Å². The van der Waals surface area contributed by atoms with E-state index in [4.69, 9.17) is 9.47 Å². The van der Waals surface area contributed by atoms with Gasteiger partial charge in [0, 0.05) is 18.4 Å². The summed E-state index contributed by atoms with van der Waals surface area (Å²) in [5.74, 6) is 1.85. The molecule has 3 rings (SSSR count). The van der Waals surface area contributed by atoms with Crippen molar-refractivity contribution in [1.82, 2.24) is 4.90 Å². The van der Waals surface area contributed by atoms with Crippen LogP contribution in [0.5, 0.6) is 11.5 Å². The van der Waals surface area contributed by atoms with E-state index in [1.165, 1.54) is 16.7 Å². The molecule has 5 nitrogen and oxygen atoms in total. The monoisotopic (exact) mass is 384 g/mol. The van der Waals surface area contributed by atoms with Crippen LogP contribution in [0.4, 0.5) is 0 Å². The van der Waals surface area contributed by atoms with Gasteiger partial charge in [-0.25, -0.2) is 0 Å². The second kappa shape index (κ2) is 8.48. The lowest BCUT2D eigenvalue weighted by molar-refractivity contribution is 0.0857. The predicted molar refractivity (Wildman–Crippen MR) is 110 cm³/mol. The van der Waals surface area contributed by atoms with Gasteiger partial charge in [0.2, 0.25) is 0 Å². The van der Waals surface area contributed by atoms with Crippen molar-refractivity contribution in [3.63, 3.8) is 0 Å². The number of amidine groups is 1. The van der Waals surface area contributed by atoms with Crippen molar-refractivity contribution in [2.45, 2.75) is 19.6 Å². The van der Waals surface area contributed by atoms with Crippen molar-refractivity contribution in [2.24, 2.45) is 4.99 Å². The van der Waals surface area contributed by atoms with Gasteiger partial charge in [0.15, 0.2) is 5.17 Å². The van der Waals surface area contributed by atoms with Crippen LogP contribution in [-0.2, 0) is 5.75 Å². The van der Waals surface area contributed by atoms with Crippen LogP contribution < -0.4 is 9.47 Å². The summed E-state index contributed by atoms with van der Waals surface area (Å²) in [4.78, 5) is 19.4. The van der Waals surface area contributed by atoms with Gasteiger partial charge in [0.1, 0.15) is 11.5 Å². The standard InChI is InChI=1S/C21H24N2O3S/c1-14-5-6-15(2)16(11-14)13-27-21-22-9-10-23(21)20(24)18-8-7-17(25-3)12-19(18)26-4/h5-8,11-12H,9-10,13H2,1-4H3. The molecule has 0 N–H and O–H groups in total. The molecule has 0 aromatic heterocycles. The molecule has 1 amide bonds. The molecule has 2 aromatic carbocycles. The van der Waals surface area contributed by atoms with Gasteiger partial charge in [-0.3, -0.25) is 14.7 Å². The minimum atomic E-state index is -0.0979. The normalized spacial score (nSPS) is 13.5. The Bertz CT molecular complexity index is 880. The Morgan fingerprint density at radius 3 is 2.70 bits per heavy atom. The third kappa shape index (κ3) is 4.27. The summed E-state index contributed by atoms with van der Waals surface area (Å²) >= 11 is 1.60. The molecular weight excluding hydrogens is 360 g/mol. The molecule has 142 valence electrons. The summed E-state index contributed by atoms with van der Waals surface area (Å²) in [7, 11) is 3.14. The first kappa shape index (κ1) is 19.3. The van der Waals surface area contributed by atoms with E-state index in [1.807, 2.05) is 0 Å². The molecule has 1 aliphatic rings. The van der Waals surface area contributed by atoms with Gasteiger partial charge in [-0.1, -0.05) is 35.5 Å². The first-order valence-electron chi connectivity index (χ1n) is 8.80. The molecule has 0 fully saturated rings. The third-order valence-corrected chi connectivity index (χ3v) is 5.61. The van der Waals surface area contributed by atoms with Gasteiger partial charge in [-0.05, 0) is 37.1 Å². The molecule has 6 heteroatoms. The number of aryl methyl sites for hydroxylation is 2. The van der Waals surface area contributed by atoms with Crippen molar-refractivity contribution in [3.8, 4) is 11.5 Å². The lowest BCUT2D eigenvalue weighted by atomic mass is 10.1. The van der Waals surface area contributed by atoms with Crippen LogP contribution >= 0.6 is 11.8 Å². The quantitative estimate of drug-likeness (QED) is 0.780. The largest absolute Gasteiger partial charge is 0.497 e. The van der Waals surface area contributed by atoms with Crippen LogP contribution in [0.15, 0.2) is 41.4 Å². The lowest BCUT2D eigenvalue weighted by Gasteiger charge is -2.20. The molecule has 27 heavy (non-hydrogen) atoms. The first-order chi connectivity index (χ1) is 13.0. The highest BCUT2D eigenvalue weighted by Crippen LogP contribution is 2.28. The van der Waals surface area contributed by atoms with E-state index in [-0.39, 0.29) is 5.91 Å². The topological polar surface area (TPSA) is 51.1 Å². The number of carbonyl (C=O) groups is 1. The number of methoxy groups -OCH3 is 2. The van der Waals surface area contributed by atoms with Gasteiger partial charge in [-0.2, -0.15) is 0 Å². The highest BCUT2D eigenvalue weighted by atomic mass is 32.2. The molecule has 0 spiro atoms. The predicted octanol–water partition coefficient (Wildman–Crippen LogP) is 4.07. The Labute approximate surface area is 164 Å². The fourth-order valence-electron chi connectivity index (χ4n) is 2.96. The van der Waals surface area contributed by atoms with Gasteiger partial charge >= 0.3 is 0 Å². The highest BCUT2D eigenvalue weighted by Gasteiger charge is 2.27. The van der Waals surface area contributed by atoms with Crippen molar-refractivity contribution in [1.29, 1.82) is 0 Å². The summed E-state index contributed by atoms with van der Waals surface area (Å²) in [5, 5.41) is 0.763. The SMILES string of the molecule is COc1ccc(C(=O)N2CCN=C2SCc2cc(C)ccc2C)c(OC)c1. The molecule has 1 heterocycles. The van der Waals surface area contributed by atoms with E-state index in [1.54, 1.807) is 49.1 Å². The van der Waals surface area contributed by atoms with Crippen LogP contribution in [0.1, 0.15) is 27.0 Å². The Balaban J connectivity index is 1.76. The number of amides is 1. The number of nitrogens with zero attached hydrogens (tertiary/aromatic N) is 2. The van der Waals surface area contributed by atoms with E-state index in [0.29, 0.717) is 30.2 Å². The molecule has 0 aliphatic carbocycles. The van der Waals surface area contributed by atoms with Crippen LogP contribution in [0.25, 0.3) is 0 Å². The second-order valence-corrected chi connectivity index (χ2v) is 7.35. The average Bonchev–Trinajstić information content (AvgIpc) is 3.16. The molecule has 0 radical (unpaired) electrons. The molecule has 0 saturated carbocycles. The van der Waals surface area contributed by atoms with Crippen LogP contribution in [0.2, 0.25) is 0 Å². The van der Waals surface area contributed by atoms with Crippen molar-refractivity contribution in [2.75, 3.05) is 27.3 Å². The molecule has 0 atom stereocenters. The van der Waals surface area contributed by atoms with E-state index in [9.17, 15) is 4.79 Å². The van der Waals surface area contributed by atoms with Crippen LogP contribution in [0.3, 0.4) is 0 Å². The zero-order chi connectivity index (χ0) is 19.4. The summed E-state index contributed by atoms with van der Waals surface area (Å²) in [6, 6.07) is 11.7. The average molecular weight is 385 g/mol. The number of ether oxygens (including phenoxy) is 2. The summed E-state index contributed by atoms with van der Waals surface area (Å²) < 4.78 is 10.6. The van der Waals surface area contributed by atoms with Gasteiger partial charge in [-0.15, -0.1) is 0 Å². The Morgan fingerprint density at radius 2 is 1.96 bits per heavy atom. The summed E-state index contributed by atoms with van der Waals surface area (Å²) in [5.41, 5.74) is 4.27. The van der Waals surface area contributed by atoms with Gasteiger partial charge < -0.3 is 9.47 Å². The van der Waals surface area contributed by atoms with Crippen LogP contribution in [0, 0.1) is 13.8 Å². The van der Waals surface area contributed by atoms with Crippen molar-refractivity contribution in [3.05, 3.63) is 58.7 Å². The van der Waals surface area contributed by atoms with Gasteiger partial charge in [0.25, 0.3) is 5.91 Å². The number of benzene rings is 2. The zero-order valence-corrected chi connectivity index (χ0v) is 16.9. The minimum Gasteiger partial charge on any atom is -0.497 e. The first-order valence-corrected chi connectivity index (χ1v) is 9.79. The van der Waals surface area contributed by atoms with Crippen LogP contribution in [-0.4, -0.2) is 43.3 Å². The number of hydrogen-bond acceptors (Lipinski definition) is 5. The molecule has 0 unspecified atom stereocenters. The van der Waals surface area contributed by atoms with E-state index in [2.05, 4.69) is 37.0 Å². The highest BCUT2D eigenvalue weighted by molar-refractivity contribution is 8.13. The molecule has 1 aliphatic heterocycles. The van der Waals surface area contributed by atoms with Crippen molar-refractivity contribution < 1.29 is 14.3 Å². The lowest BCUT2D eigenvalue weighted by Crippen LogP contribution is -2.33. The number of carbonyl (C=O) groups excluding carboxylic acids is 1. The maximum atomic E-state index is 13.1. The number of hydrogen-bond donors (Lipinski definition) is 0. The van der Waals surface area contributed by atoms with E-state index in [0.717, 1.165) is 10.9 Å². The number of rotatable bonds is 5. The zero-order valence-electron chi connectivity index (χ0n) is 16.1. The van der Waals surface area contributed by atoms with Crippen molar-refractivity contribution >= 4 is 22.8 Å². The minimum absolute atomic E-state index is 0.0979. The Morgan fingerprint density at radius 1 is 1.15 bits per heavy atom. The number of thioether (sulfide) groups is 1. The molecular formula is C21H24N2O3S. The maximum Gasteiger partial charge on any atom is 0.263 e. The summed E-state index contributed by atoms with van der Waals surface area (Å²) in [6.07, 6.45) is 0. The smallest absolute Gasteiger partial charge is 0.263 e. The van der Waals surface area contributed by atoms with Gasteiger partial charge in [0.05, 0.1) is 26.3 Å². The Hall–Kier alpha value is -2.47. The number of aliphatic imine (C=N–C) groups is 1.